The molecular weight excluding hydrogens is 184 g/mol. The highest BCUT2D eigenvalue weighted by Gasteiger charge is 2.21. The first-order chi connectivity index (χ1) is 5.99. The number of hydrogen-bond acceptors (Lipinski definition) is 3. The van der Waals surface area contributed by atoms with Crippen LogP contribution in [-0.2, 0) is 13.9 Å². The molecule has 0 N–H and O–H groups in total. The van der Waals surface area contributed by atoms with E-state index in [9.17, 15) is 0 Å². The zero-order valence-electron chi connectivity index (χ0n) is 9.13. The maximum Gasteiger partial charge on any atom is 0.187 e. The molecule has 79 valence electrons. The van der Waals surface area contributed by atoms with Gasteiger partial charge in [0.15, 0.2) is 14.6 Å². The first-order valence-corrected chi connectivity index (χ1v) is 8.07. The number of hydrogen-bond donors (Lipinski definition) is 0. The molecule has 0 aromatic heterocycles. The minimum absolute atomic E-state index is 0.224. The molecule has 0 rings (SSSR count). The van der Waals surface area contributed by atoms with Crippen molar-refractivity contribution in [3.05, 3.63) is 6.92 Å². The summed E-state index contributed by atoms with van der Waals surface area (Å²) < 4.78 is 16.3. The molecule has 0 heterocycles. The summed E-state index contributed by atoms with van der Waals surface area (Å²) in [6, 6.07) is 0. The van der Waals surface area contributed by atoms with Crippen LogP contribution in [0.3, 0.4) is 0 Å². The molecule has 1 radical (unpaired) electrons. The Balaban J connectivity index is 3.79. The van der Waals surface area contributed by atoms with Crippen molar-refractivity contribution in [2.45, 2.75) is 32.9 Å². The molecule has 0 aromatic rings. The van der Waals surface area contributed by atoms with Gasteiger partial charge in [0.25, 0.3) is 0 Å². The van der Waals surface area contributed by atoms with E-state index >= 15 is 0 Å². The van der Waals surface area contributed by atoms with E-state index < -0.39 is 8.32 Å². The third kappa shape index (κ3) is 8.43. The highest BCUT2D eigenvalue weighted by atomic mass is 28.4. The molecule has 0 spiro atoms. The van der Waals surface area contributed by atoms with Gasteiger partial charge in [0.05, 0.1) is 6.61 Å². The molecule has 0 aromatic carbocycles. The topological polar surface area (TPSA) is 27.7 Å². The summed E-state index contributed by atoms with van der Waals surface area (Å²) in [6.07, 6.45) is -0.224. The van der Waals surface area contributed by atoms with E-state index in [0.717, 1.165) is 0 Å². The van der Waals surface area contributed by atoms with Gasteiger partial charge in [-0.15, -0.1) is 0 Å². The van der Waals surface area contributed by atoms with Crippen LogP contribution in [0.2, 0.25) is 19.6 Å². The maximum absolute atomic E-state index is 5.74. The monoisotopic (exact) mass is 205 g/mol. The summed E-state index contributed by atoms with van der Waals surface area (Å²) in [6.45, 7) is 13.5. The fourth-order valence-corrected chi connectivity index (χ4v) is 1.80. The SMILES string of the molecule is [CH2]COCC(OCC)O[Si](C)(C)C. The molecule has 0 aliphatic rings. The summed E-state index contributed by atoms with van der Waals surface area (Å²) in [5, 5.41) is 0. The van der Waals surface area contributed by atoms with E-state index in [0.29, 0.717) is 19.8 Å². The van der Waals surface area contributed by atoms with Gasteiger partial charge in [-0.2, -0.15) is 0 Å². The van der Waals surface area contributed by atoms with Crippen LogP contribution in [0.15, 0.2) is 0 Å². The molecule has 13 heavy (non-hydrogen) atoms. The van der Waals surface area contributed by atoms with Crippen LogP contribution in [0.5, 0.6) is 0 Å². The predicted octanol–water partition coefficient (Wildman–Crippen LogP) is 2.05. The van der Waals surface area contributed by atoms with Gasteiger partial charge in [-0.25, -0.2) is 0 Å². The maximum atomic E-state index is 5.74. The summed E-state index contributed by atoms with van der Waals surface area (Å²) in [5.41, 5.74) is 0. The van der Waals surface area contributed by atoms with Crippen molar-refractivity contribution in [2.24, 2.45) is 0 Å². The predicted molar refractivity (Wildman–Crippen MR) is 56.0 cm³/mol. The Morgan fingerprint density at radius 1 is 1.31 bits per heavy atom. The second kappa shape index (κ2) is 6.54. The van der Waals surface area contributed by atoms with E-state index in [4.69, 9.17) is 13.9 Å². The molecule has 1 unspecified atom stereocenters. The summed E-state index contributed by atoms with van der Waals surface area (Å²) >= 11 is 0. The lowest BCUT2D eigenvalue weighted by Crippen LogP contribution is -2.36. The fourth-order valence-electron chi connectivity index (χ4n) is 0.876. The average molecular weight is 205 g/mol. The lowest BCUT2D eigenvalue weighted by molar-refractivity contribution is -0.120. The zero-order chi connectivity index (χ0) is 10.3. The van der Waals surface area contributed by atoms with Gasteiger partial charge >= 0.3 is 0 Å². The van der Waals surface area contributed by atoms with Gasteiger partial charge in [0, 0.05) is 13.2 Å². The second-order valence-corrected chi connectivity index (χ2v) is 8.15. The lowest BCUT2D eigenvalue weighted by atomic mass is 10.6. The van der Waals surface area contributed by atoms with Crippen molar-refractivity contribution in [1.82, 2.24) is 0 Å². The van der Waals surface area contributed by atoms with Crippen LogP contribution >= 0.6 is 0 Å². The Labute approximate surface area is 82.5 Å². The first-order valence-electron chi connectivity index (χ1n) is 4.66. The van der Waals surface area contributed by atoms with E-state index in [1.807, 2.05) is 6.92 Å². The largest absolute Gasteiger partial charge is 0.391 e. The normalized spacial score (nSPS) is 14.5. The van der Waals surface area contributed by atoms with Crippen molar-refractivity contribution >= 4 is 8.32 Å². The van der Waals surface area contributed by atoms with Crippen molar-refractivity contribution in [1.29, 1.82) is 0 Å². The summed E-state index contributed by atoms with van der Waals surface area (Å²) in [7, 11) is -1.53. The highest BCUT2D eigenvalue weighted by Crippen LogP contribution is 2.08. The molecule has 0 saturated heterocycles. The molecule has 0 saturated carbocycles. The van der Waals surface area contributed by atoms with Crippen LogP contribution < -0.4 is 0 Å². The smallest absolute Gasteiger partial charge is 0.187 e. The van der Waals surface area contributed by atoms with Crippen LogP contribution in [0.25, 0.3) is 0 Å². The molecule has 4 heteroatoms. The quantitative estimate of drug-likeness (QED) is 0.470. The van der Waals surface area contributed by atoms with Crippen LogP contribution in [0.1, 0.15) is 6.92 Å². The van der Waals surface area contributed by atoms with Crippen molar-refractivity contribution in [3.8, 4) is 0 Å². The van der Waals surface area contributed by atoms with Crippen molar-refractivity contribution in [3.63, 3.8) is 0 Å². The Kier molecular flexibility index (Phi) is 6.58. The molecular formula is C9H21O3Si. The molecule has 1 atom stereocenters. The highest BCUT2D eigenvalue weighted by molar-refractivity contribution is 6.69. The summed E-state index contributed by atoms with van der Waals surface area (Å²) in [5.74, 6) is 0. The van der Waals surface area contributed by atoms with Crippen LogP contribution in [-0.4, -0.2) is 34.4 Å². The Morgan fingerprint density at radius 3 is 2.31 bits per heavy atom. The lowest BCUT2D eigenvalue weighted by Gasteiger charge is -2.25. The van der Waals surface area contributed by atoms with Gasteiger partial charge < -0.3 is 13.9 Å². The third-order valence-electron chi connectivity index (χ3n) is 1.24. The molecule has 0 amide bonds. The van der Waals surface area contributed by atoms with E-state index in [1.165, 1.54) is 0 Å². The van der Waals surface area contributed by atoms with E-state index in [1.54, 1.807) is 0 Å². The standard InChI is InChI=1S/C9H21O3Si/c1-6-10-8-9(11-7-2)12-13(3,4)5/h9H,1,6-8H2,2-5H3. The summed E-state index contributed by atoms with van der Waals surface area (Å²) in [4.78, 5) is 0. The Bertz CT molecular complexity index is 123. The van der Waals surface area contributed by atoms with Crippen LogP contribution in [0.4, 0.5) is 0 Å². The molecule has 0 fully saturated rings. The Hall–Kier alpha value is 0.0969. The number of rotatable bonds is 7. The van der Waals surface area contributed by atoms with Gasteiger partial charge in [-0.05, 0) is 33.5 Å². The van der Waals surface area contributed by atoms with E-state index in [2.05, 4.69) is 26.6 Å². The average Bonchev–Trinajstić information content (AvgIpc) is 1.98. The molecule has 0 aliphatic heterocycles. The van der Waals surface area contributed by atoms with Gasteiger partial charge in [0.1, 0.15) is 0 Å². The third-order valence-corrected chi connectivity index (χ3v) is 2.21. The molecule has 0 bridgehead atoms. The van der Waals surface area contributed by atoms with Crippen LogP contribution in [0, 0.1) is 6.92 Å². The van der Waals surface area contributed by atoms with Gasteiger partial charge in [-0.1, -0.05) is 0 Å². The Morgan fingerprint density at radius 2 is 1.92 bits per heavy atom. The van der Waals surface area contributed by atoms with Gasteiger partial charge in [0.2, 0.25) is 0 Å². The zero-order valence-corrected chi connectivity index (χ0v) is 10.1. The molecule has 0 aliphatic carbocycles. The first kappa shape index (κ1) is 13.1. The second-order valence-electron chi connectivity index (χ2n) is 3.69. The molecule has 3 nitrogen and oxygen atoms in total. The minimum Gasteiger partial charge on any atom is -0.391 e. The van der Waals surface area contributed by atoms with E-state index in [-0.39, 0.29) is 6.29 Å². The van der Waals surface area contributed by atoms with Crippen molar-refractivity contribution < 1.29 is 13.9 Å². The number of ether oxygens (including phenoxy) is 2. The van der Waals surface area contributed by atoms with Gasteiger partial charge in [-0.3, -0.25) is 0 Å². The fraction of sp³-hybridized carbons (Fsp3) is 0.889. The minimum atomic E-state index is -1.53. The van der Waals surface area contributed by atoms with Crippen molar-refractivity contribution in [2.75, 3.05) is 19.8 Å².